The fraction of sp³-hybridized carbons (Fsp3) is 0.538. The van der Waals surface area contributed by atoms with Crippen LogP contribution in [-0.4, -0.2) is 30.1 Å². The predicted molar refractivity (Wildman–Crippen MR) is 75.9 cm³/mol. The fourth-order valence-electron chi connectivity index (χ4n) is 1.72. The van der Waals surface area contributed by atoms with Gasteiger partial charge in [-0.1, -0.05) is 6.42 Å². The topological polar surface area (TPSA) is 60.3 Å². The number of amides is 1. The van der Waals surface area contributed by atoms with Crippen LogP contribution >= 0.6 is 15.9 Å². The maximum Gasteiger partial charge on any atom is 0.305 e. The lowest BCUT2D eigenvalue weighted by Crippen LogP contribution is -2.26. The number of halogens is 1. The maximum absolute atomic E-state index is 11.8. The van der Waals surface area contributed by atoms with Crippen LogP contribution in [0.2, 0.25) is 0 Å². The van der Waals surface area contributed by atoms with E-state index in [0.717, 1.165) is 23.7 Å². The minimum absolute atomic E-state index is 0.0823. The lowest BCUT2D eigenvalue weighted by molar-refractivity contribution is -0.140. The molecule has 1 heterocycles. The van der Waals surface area contributed by atoms with E-state index in [-0.39, 0.29) is 11.9 Å². The van der Waals surface area contributed by atoms with E-state index in [2.05, 4.69) is 26.0 Å². The van der Waals surface area contributed by atoms with E-state index in [9.17, 15) is 9.59 Å². The zero-order valence-corrected chi connectivity index (χ0v) is 12.8. The smallest absolute Gasteiger partial charge is 0.305 e. The van der Waals surface area contributed by atoms with Crippen LogP contribution in [0.25, 0.3) is 0 Å². The molecule has 0 spiro atoms. The van der Waals surface area contributed by atoms with Crippen molar-refractivity contribution in [2.24, 2.45) is 7.05 Å². The van der Waals surface area contributed by atoms with Gasteiger partial charge in [-0.3, -0.25) is 9.59 Å². The molecule has 0 unspecified atom stereocenters. The van der Waals surface area contributed by atoms with Gasteiger partial charge in [0.05, 0.1) is 7.11 Å². The lowest BCUT2D eigenvalue weighted by Gasteiger charge is -2.05. The standard InChI is InChI=1S/C13H19BrN2O3/c1-16-9-10(14)8-11(16)13(18)15-7-5-3-4-6-12(17)19-2/h8-9H,3-7H2,1-2H3,(H,15,18). The quantitative estimate of drug-likeness (QED) is 0.616. The van der Waals surface area contributed by atoms with Gasteiger partial charge < -0.3 is 14.6 Å². The van der Waals surface area contributed by atoms with Crippen LogP contribution in [0, 0.1) is 0 Å². The second-order valence-corrected chi connectivity index (χ2v) is 5.21. The largest absolute Gasteiger partial charge is 0.469 e. The Balaban J connectivity index is 2.18. The summed E-state index contributed by atoms with van der Waals surface area (Å²) in [4.78, 5) is 22.7. The Labute approximate surface area is 121 Å². The molecule has 0 saturated carbocycles. The molecular weight excluding hydrogens is 312 g/mol. The van der Waals surface area contributed by atoms with Gasteiger partial charge in [0.25, 0.3) is 5.91 Å². The molecule has 1 amide bonds. The van der Waals surface area contributed by atoms with Gasteiger partial charge >= 0.3 is 5.97 Å². The Bertz CT molecular complexity index is 443. The summed E-state index contributed by atoms with van der Waals surface area (Å²) in [6, 6.07) is 1.78. The Kier molecular flexibility index (Phi) is 6.62. The first-order valence-electron chi connectivity index (χ1n) is 6.21. The highest BCUT2D eigenvalue weighted by Crippen LogP contribution is 2.13. The van der Waals surface area contributed by atoms with Crippen molar-refractivity contribution in [3.05, 3.63) is 22.4 Å². The summed E-state index contributed by atoms with van der Waals surface area (Å²) in [7, 11) is 3.22. The van der Waals surface area contributed by atoms with Gasteiger partial charge in [0, 0.05) is 30.7 Å². The highest BCUT2D eigenvalue weighted by Gasteiger charge is 2.09. The monoisotopic (exact) mass is 330 g/mol. The first kappa shape index (κ1) is 15.8. The van der Waals surface area contributed by atoms with Crippen molar-refractivity contribution in [1.82, 2.24) is 9.88 Å². The molecule has 106 valence electrons. The summed E-state index contributed by atoms with van der Waals surface area (Å²) >= 11 is 3.33. The van der Waals surface area contributed by atoms with Gasteiger partial charge in [0.2, 0.25) is 0 Å². The van der Waals surface area contributed by atoms with Gasteiger partial charge in [0.15, 0.2) is 0 Å². The van der Waals surface area contributed by atoms with E-state index in [1.165, 1.54) is 7.11 Å². The van der Waals surface area contributed by atoms with Crippen molar-refractivity contribution < 1.29 is 14.3 Å². The van der Waals surface area contributed by atoms with E-state index < -0.39 is 0 Å². The molecule has 6 heteroatoms. The molecule has 0 atom stereocenters. The van der Waals surface area contributed by atoms with E-state index >= 15 is 0 Å². The zero-order chi connectivity index (χ0) is 14.3. The number of nitrogens with zero attached hydrogens (tertiary/aromatic N) is 1. The molecule has 5 nitrogen and oxygen atoms in total. The average molecular weight is 331 g/mol. The summed E-state index contributed by atoms with van der Waals surface area (Å²) in [5.74, 6) is -0.265. The number of ether oxygens (including phenoxy) is 1. The van der Waals surface area contributed by atoms with Crippen molar-refractivity contribution in [3.8, 4) is 0 Å². The number of carbonyl (C=O) groups excluding carboxylic acids is 2. The molecule has 1 aromatic rings. The molecular formula is C13H19BrN2O3. The van der Waals surface area contributed by atoms with Crippen LogP contribution in [0.15, 0.2) is 16.7 Å². The number of methoxy groups -OCH3 is 1. The molecule has 1 aromatic heterocycles. The summed E-state index contributed by atoms with van der Waals surface area (Å²) in [6.07, 6.45) is 4.82. The number of hydrogen-bond donors (Lipinski definition) is 1. The molecule has 1 N–H and O–H groups in total. The van der Waals surface area contributed by atoms with Crippen LogP contribution in [0.1, 0.15) is 36.2 Å². The van der Waals surface area contributed by atoms with Gasteiger partial charge in [-0.2, -0.15) is 0 Å². The Morgan fingerprint density at radius 1 is 1.37 bits per heavy atom. The fourth-order valence-corrected chi connectivity index (χ4v) is 2.24. The van der Waals surface area contributed by atoms with Crippen LogP contribution in [-0.2, 0) is 16.6 Å². The minimum Gasteiger partial charge on any atom is -0.469 e. The van der Waals surface area contributed by atoms with E-state index in [1.54, 1.807) is 10.6 Å². The number of hydrogen-bond acceptors (Lipinski definition) is 3. The molecule has 0 aliphatic carbocycles. The van der Waals surface area contributed by atoms with Crippen molar-refractivity contribution >= 4 is 27.8 Å². The van der Waals surface area contributed by atoms with Crippen LogP contribution in [0.3, 0.4) is 0 Å². The zero-order valence-electron chi connectivity index (χ0n) is 11.2. The number of aryl methyl sites for hydroxylation is 1. The van der Waals surface area contributed by atoms with Gasteiger partial charge in [-0.15, -0.1) is 0 Å². The lowest BCUT2D eigenvalue weighted by atomic mass is 10.2. The highest BCUT2D eigenvalue weighted by atomic mass is 79.9. The van der Waals surface area contributed by atoms with Crippen molar-refractivity contribution in [2.45, 2.75) is 25.7 Å². The highest BCUT2D eigenvalue weighted by molar-refractivity contribution is 9.10. The number of nitrogens with one attached hydrogen (secondary N) is 1. The molecule has 0 aliphatic rings. The van der Waals surface area contributed by atoms with Gasteiger partial charge in [-0.25, -0.2) is 0 Å². The molecule has 0 radical (unpaired) electrons. The van der Waals surface area contributed by atoms with E-state index in [0.29, 0.717) is 18.7 Å². The Morgan fingerprint density at radius 2 is 2.11 bits per heavy atom. The number of unbranched alkanes of at least 4 members (excludes halogenated alkanes) is 2. The van der Waals surface area contributed by atoms with Crippen molar-refractivity contribution in [1.29, 1.82) is 0 Å². The summed E-state index contributed by atoms with van der Waals surface area (Å²) in [5.41, 5.74) is 0.626. The second kappa shape index (κ2) is 7.99. The Morgan fingerprint density at radius 3 is 2.68 bits per heavy atom. The van der Waals surface area contributed by atoms with Gasteiger partial charge in [-0.05, 0) is 34.8 Å². The third-order valence-electron chi connectivity index (χ3n) is 2.78. The molecule has 0 aromatic carbocycles. The summed E-state index contributed by atoms with van der Waals surface area (Å²) in [5, 5.41) is 2.86. The number of rotatable bonds is 7. The predicted octanol–water partition coefficient (Wildman–Crippen LogP) is 2.25. The summed E-state index contributed by atoms with van der Waals surface area (Å²) < 4.78 is 7.21. The third kappa shape index (κ3) is 5.46. The SMILES string of the molecule is COC(=O)CCCCCNC(=O)c1cc(Br)cn1C. The normalized spacial score (nSPS) is 10.3. The van der Waals surface area contributed by atoms with Crippen molar-refractivity contribution in [3.63, 3.8) is 0 Å². The molecule has 1 rings (SSSR count). The molecule has 0 bridgehead atoms. The first-order valence-corrected chi connectivity index (χ1v) is 7.00. The summed E-state index contributed by atoms with van der Waals surface area (Å²) in [6.45, 7) is 0.614. The van der Waals surface area contributed by atoms with Crippen LogP contribution < -0.4 is 5.32 Å². The average Bonchev–Trinajstić information content (AvgIpc) is 2.72. The van der Waals surface area contributed by atoms with E-state index in [1.807, 2.05) is 13.2 Å². The minimum atomic E-state index is -0.183. The third-order valence-corrected chi connectivity index (χ3v) is 3.21. The second-order valence-electron chi connectivity index (χ2n) is 4.30. The van der Waals surface area contributed by atoms with E-state index in [4.69, 9.17) is 0 Å². The molecule has 0 aliphatic heterocycles. The maximum atomic E-state index is 11.8. The van der Waals surface area contributed by atoms with Gasteiger partial charge in [0.1, 0.15) is 5.69 Å². The number of aromatic nitrogens is 1. The van der Waals surface area contributed by atoms with Crippen LogP contribution in [0.5, 0.6) is 0 Å². The Hall–Kier alpha value is -1.30. The van der Waals surface area contributed by atoms with Crippen molar-refractivity contribution in [2.75, 3.05) is 13.7 Å². The molecule has 0 saturated heterocycles. The molecule has 0 fully saturated rings. The van der Waals surface area contributed by atoms with Crippen LogP contribution in [0.4, 0.5) is 0 Å². The first-order chi connectivity index (χ1) is 9.04. The number of carbonyl (C=O) groups is 2. The number of esters is 1. The molecule has 19 heavy (non-hydrogen) atoms.